The van der Waals surface area contributed by atoms with Crippen LogP contribution in [0.25, 0.3) is 0 Å². The second-order valence-electron chi connectivity index (χ2n) is 4.88. The normalized spacial score (nSPS) is 20.9. The van der Waals surface area contributed by atoms with Gasteiger partial charge in [-0.2, -0.15) is 0 Å². The van der Waals surface area contributed by atoms with E-state index in [1.807, 2.05) is 13.8 Å². The average molecular weight is 237 g/mol. The fourth-order valence-electron chi connectivity index (χ4n) is 2.34. The van der Waals surface area contributed by atoms with Gasteiger partial charge in [0, 0.05) is 12.2 Å². The molecule has 0 amide bonds. The maximum Gasteiger partial charge on any atom is 0.120 e. The van der Waals surface area contributed by atoms with Crippen molar-refractivity contribution in [3.05, 3.63) is 17.2 Å². The molecule has 0 aliphatic carbocycles. The van der Waals surface area contributed by atoms with Crippen LogP contribution in [0, 0.1) is 19.8 Å². The molecule has 1 aliphatic heterocycles. The number of nitrogens with zero attached hydrogens (tertiary/aromatic N) is 2. The standard InChI is InChI=1S/C12H21N3.C2H6/c1-9-5-4-6-15(7-9)8-12-13-10(2)11(3)14-12;1-2/h9H,4-8H2,1-3H3,(H,13,14);1-2H3. The predicted molar refractivity (Wildman–Crippen MR) is 73.1 cm³/mol. The van der Waals surface area contributed by atoms with Gasteiger partial charge in [-0.3, -0.25) is 4.90 Å². The van der Waals surface area contributed by atoms with E-state index in [1.54, 1.807) is 0 Å². The third-order valence-electron chi connectivity index (χ3n) is 3.29. The van der Waals surface area contributed by atoms with Crippen molar-refractivity contribution < 1.29 is 0 Å². The molecule has 1 aromatic rings. The Bertz CT molecular complexity index is 311. The fraction of sp³-hybridized carbons (Fsp3) is 0.786. The van der Waals surface area contributed by atoms with E-state index in [4.69, 9.17) is 0 Å². The number of aromatic nitrogens is 2. The van der Waals surface area contributed by atoms with Crippen molar-refractivity contribution in [3.8, 4) is 0 Å². The van der Waals surface area contributed by atoms with Crippen molar-refractivity contribution in [1.82, 2.24) is 14.9 Å². The quantitative estimate of drug-likeness (QED) is 0.856. The van der Waals surface area contributed by atoms with Gasteiger partial charge in [0.2, 0.25) is 0 Å². The summed E-state index contributed by atoms with van der Waals surface area (Å²) >= 11 is 0. The summed E-state index contributed by atoms with van der Waals surface area (Å²) in [7, 11) is 0. The molecule has 0 aromatic carbocycles. The molecule has 1 fully saturated rings. The fourth-order valence-corrected chi connectivity index (χ4v) is 2.34. The Hall–Kier alpha value is -0.830. The van der Waals surface area contributed by atoms with Crippen LogP contribution in [0.15, 0.2) is 0 Å². The molecule has 0 spiro atoms. The number of aryl methyl sites for hydroxylation is 2. The van der Waals surface area contributed by atoms with Crippen molar-refractivity contribution in [2.24, 2.45) is 5.92 Å². The van der Waals surface area contributed by atoms with Gasteiger partial charge in [0.25, 0.3) is 0 Å². The van der Waals surface area contributed by atoms with Gasteiger partial charge in [-0.25, -0.2) is 4.98 Å². The molecule has 1 aromatic heterocycles. The van der Waals surface area contributed by atoms with Gasteiger partial charge in [-0.05, 0) is 39.2 Å². The van der Waals surface area contributed by atoms with Crippen LogP contribution in [-0.2, 0) is 6.54 Å². The van der Waals surface area contributed by atoms with E-state index in [-0.39, 0.29) is 0 Å². The molecule has 3 nitrogen and oxygen atoms in total. The monoisotopic (exact) mass is 237 g/mol. The zero-order valence-corrected chi connectivity index (χ0v) is 12.0. The molecule has 1 N–H and O–H groups in total. The van der Waals surface area contributed by atoms with E-state index < -0.39 is 0 Å². The van der Waals surface area contributed by atoms with E-state index >= 15 is 0 Å². The number of aromatic amines is 1. The summed E-state index contributed by atoms with van der Waals surface area (Å²) in [5.74, 6) is 1.97. The summed E-state index contributed by atoms with van der Waals surface area (Å²) in [5, 5.41) is 0. The molecule has 1 atom stereocenters. The Morgan fingerprint density at radius 3 is 2.59 bits per heavy atom. The van der Waals surface area contributed by atoms with Gasteiger partial charge in [0.05, 0.1) is 12.2 Å². The second-order valence-corrected chi connectivity index (χ2v) is 4.88. The van der Waals surface area contributed by atoms with Crippen LogP contribution in [-0.4, -0.2) is 28.0 Å². The number of imidazole rings is 1. The second kappa shape index (κ2) is 6.80. The predicted octanol–water partition coefficient (Wildman–Crippen LogP) is 3.28. The van der Waals surface area contributed by atoms with E-state index in [0.717, 1.165) is 24.0 Å². The highest BCUT2D eigenvalue weighted by Crippen LogP contribution is 2.17. The first kappa shape index (κ1) is 14.2. The first-order chi connectivity index (χ1) is 8.15. The highest BCUT2D eigenvalue weighted by atomic mass is 15.2. The van der Waals surface area contributed by atoms with Crippen LogP contribution >= 0.6 is 0 Å². The number of hydrogen-bond acceptors (Lipinski definition) is 2. The zero-order chi connectivity index (χ0) is 12.8. The van der Waals surface area contributed by atoms with E-state index in [1.165, 1.54) is 31.6 Å². The Balaban J connectivity index is 0.000000686. The molecular formula is C14H27N3. The number of hydrogen-bond donors (Lipinski definition) is 1. The molecule has 0 bridgehead atoms. The van der Waals surface area contributed by atoms with E-state index in [9.17, 15) is 0 Å². The molecule has 17 heavy (non-hydrogen) atoms. The molecule has 0 radical (unpaired) electrons. The summed E-state index contributed by atoms with van der Waals surface area (Å²) in [5.41, 5.74) is 2.34. The smallest absolute Gasteiger partial charge is 0.120 e. The Labute approximate surface area is 106 Å². The van der Waals surface area contributed by atoms with Gasteiger partial charge < -0.3 is 4.98 Å². The molecule has 3 heteroatoms. The minimum Gasteiger partial charge on any atom is -0.345 e. The van der Waals surface area contributed by atoms with Crippen LogP contribution in [0.4, 0.5) is 0 Å². The summed E-state index contributed by atoms with van der Waals surface area (Å²) < 4.78 is 0. The molecule has 2 heterocycles. The Morgan fingerprint density at radius 2 is 2.06 bits per heavy atom. The number of nitrogens with one attached hydrogen (secondary N) is 1. The molecule has 1 aliphatic rings. The zero-order valence-electron chi connectivity index (χ0n) is 12.0. The van der Waals surface area contributed by atoms with Gasteiger partial charge in [-0.15, -0.1) is 0 Å². The number of piperidine rings is 1. The lowest BCUT2D eigenvalue weighted by Crippen LogP contribution is -2.34. The molecule has 2 rings (SSSR count). The van der Waals surface area contributed by atoms with Crippen LogP contribution in [0.3, 0.4) is 0 Å². The Kier molecular flexibility index (Phi) is 5.69. The third-order valence-corrected chi connectivity index (χ3v) is 3.29. The van der Waals surface area contributed by atoms with Crippen molar-refractivity contribution in [2.75, 3.05) is 13.1 Å². The lowest BCUT2D eigenvalue weighted by Gasteiger charge is -2.29. The Morgan fingerprint density at radius 1 is 1.35 bits per heavy atom. The third kappa shape index (κ3) is 4.15. The molecule has 98 valence electrons. The number of H-pyrrole nitrogens is 1. The molecule has 1 saturated heterocycles. The maximum atomic E-state index is 4.53. The number of rotatable bonds is 2. The van der Waals surface area contributed by atoms with Gasteiger partial charge in [0.1, 0.15) is 5.82 Å². The first-order valence-corrected chi connectivity index (χ1v) is 6.89. The van der Waals surface area contributed by atoms with E-state index in [0.29, 0.717) is 0 Å². The van der Waals surface area contributed by atoms with Gasteiger partial charge in [0.15, 0.2) is 0 Å². The molecular weight excluding hydrogens is 210 g/mol. The van der Waals surface area contributed by atoms with Crippen LogP contribution in [0.5, 0.6) is 0 Å². The SMILES string of the molecule is CC.Cc1nc(CN2CCCC(C)C2)[nH]c1C. The summed E-state index contributed by atoms with van der Waals surface area (Å²) in [6.07, 6.45) is 2.71. The topological polar surface area (TPSA) is 31.9 Å². The summed E-state index contributed by atoms with van der Waals surface area (Å²) in [6, 6.07) is 0. The highest BCUT2D eigenvalue weighted by Gasteiger charge is 2.17. The molecule has 0 saturated carbocycles. The largest absolute Gasteiger partial charge is 0.345 e. The van der Waals surface area contributed by atoms with Crippen molar-refractivity contribution in [2.45, 2.75) is 54.0 Å². The van der Waals surface area contributed by atoms with Crippen molar-refractivity contribution in [1.29, 1.82) is 0 Å². The average Bonchev–Trinajstić information content (AvgIpc) is 2.61. The minimum atomic E-state index is 0.843. The number of likely N-dealkylation sites (tertiary alicyclic amines) is 1. The summed E-state index contributed by atoms with van der Waals surface area (Å²) in [6.45, 7) is 13.9. The summed E-state index contributed by atoms with van der Waals surface area (Å²) in [4.78, 5) is 10.4. The lowest BCUT2D eigenvalue weighted by molar-refractivity contribution is 0.173. The van der Waals surface area contributed by atoms with Crippen LogP contribution in [0.1, 0.15) is 50.8 Å². The molecule has 1 unspecified atom stereocenters. The van der Waals surface area contributed by atoms with Crippen molar-refractivity contribution >= 4 is 0 Å². The van der Waals surface area contributed by atoms with Crippen LogP contribution in [0.2, 0.25) is 0 Å². The minimum absolute atomic E-state index is 0.843. The van der Waals surface area contributed by atoms with Gasteiger partial charge >= 0.3 is 0 Å². The lowest BCUT2D eigenvalue weighted by atomic mass is 10.0. The van der Waals surface area contributed by atoms with Gasteiger partial charge in [-0.1, -0.05) is 20.8 Å². The first-order valence-electron chi connectivity index (χ1n) is 6.89. The van der Waals surface area contributed by atoms with E-state index in [2.05, 4.69) is 35.6 Å². The maximum absolute atomic E-state index is 4.53. The highest BCUT2D eigenvalue weighted by molar-refractivity contribution is 5.10. The van der Waals surface area contributed by atoms with Crippen LogP contribution < -0.4 is 0 Å². The van der Waals surface area contributed by atoms with Crippen molar-refractivity contribution in [3.63, 3.8) is 0 Å².